The van der Waals surface area contributed by atoms with E-state index in [0.717, 1.165) is 29.2 Å². The maximum Gasteiger partial charge on any atom is 0.416 e. The molecule has 4 rings (SSSR count). The molecule has 2 N–H and O–H groups in total. The lowest BCUT2D eigenvalue weighted by molar-refractivity contribution is -0.137. The number of alkyl halides is 3. The third kappa shape index (κ3) is 6.86. The number of benzene rings is 3. The van der Waals surface area contributed by atoms with Gasteiger partial charge in [0.05, 0.1) is 11.8 Å². The molecule has 194 valence electrons. The first-order chi connectivity index (χ1) is 18.0. The number of carbonyl (C=O) groups excluding carboxylic acids is 1. The van der Waals surface area contributed by atoms with Gasteiger partial charge in [0.1, 0.15) is 0 Å². The lowest BCUT2D eigenvalue weighted by atomic mass is 9.96. The standard InChI is InChI=1S/C28H22F3N3O3S/c1-38(36,37)34-23-14-10-20(11-15-23)24(19-8-12-22(13-9-19)28(29,30)31)5-3-7-27(35)33-26-6-2-4-21-18-32-17-16-25(21)26/h2-18,34H,1H3,(H,33,35)/b7-3+,24-5+. The minimum Gasteiger partial charge on any atom is -0.322 e. The van der Waals surface area contributed by atoms with Gasteiger partial charge in [-0.25, -0.2) is 8.42 Å². The number of rotatable bonds is 7. The third-order valence-electron chi connectivity index (χ3n) is 5.47. The lowest BCUT2D eigenvalue weighted by Gasteiger charge is -2.12. The SMILES string of the molecule is CS(=O)(=O)Nc1ccc(/C(=C/C=C/C(=O)Nc2cccc3cnccc23)c2ccc(C(F)(F)F)cc2)cc1. The number of aromatic nitrogens is 1. The first-order valence-electron chi connectivity index (χ1n) is 11.3. The smallest absolute Gasteiger partial charge is 0.322 e. The Morgan fingerprint density at radius 3 is 2.21 bits per heavy atom. The predicted octanol–water partition coefficient (Wildman–Crippen LogP) is 6.25. The van der Waals surface area contributed by atoms with E-state index >= 15 is 0 Å². The minimum absolute atomic E-state index is 0.336. The zero-order valence-corrected chi connectivity index (χ0v) is 20.8. The molecule has 10 heteroatoms. The van der Waals surface area contributed by atoms with Crippen molar-refractivity contribution in [3.63, 3.8) is 0 Å². The summed E-state index contributed by atoms with van der Waals surface area (Å²) < 4.78 is 64.5. The monoisotopic (exact) mass is 537 g/mol. The van der Waals surface area contributed by atoms with Crippen molar-refractivity contribution >= 4 is 43.7 Å². The molecule has 0 aliphatic carbocycles. The van der Waals surface area contributed by atoms with Gasteiger partial charge in [-0.1, -0.05) is 48.6 Å². The molecule has 1 heterocycles. The molecule has 0 aliphatic rings. The van der Waals surface area contributed by atoms with Crippen LogP contribution in [0.1, 0.15) is 16.7 Å². The lowest BCUT2D eigenvalue weighted by Crippen LogP contribution is -2.09. The van der Waals surface area contributed by atoms with Crippen LogP contribution in [0.3, 0.4) is 0 Å². The zero-order chi connectivity index (χ0) is 27.3. The number of halogens is 3. The predicted molar refractivity (Wildman–Crippen MR) is 143 cm³/mol. The summed E-state index contributed by atoms with van der Waals surface area (Å²) in [4.78, 5) is 16.7. The van der Waals surface area contributed by atoms with Crippen molar-refractivity contribution in [3.05, 3.63) is 120 Å². The zero-order valence-electron chi connectivity index (χ0n) is 20.0. The summed E-state index contributed by atoms with van der Waals surface area (Å²) in [5, 5.41) is 4.51. The Bertz CT molecular complexity index is 1620. The van der Waals surface area contributed by atoms with Crippen molar-refractivity contribution in [2.24, 2.45) is 0 Å². The van der Waals surface area contributed by atoms with Crippen LogP contribution < -0.4 is 10.0 Å². The molecule has 38 heavy (non-hydrogen) atoms. The number of carbonyl (C=O) groups is 1. The van der Waals surface area contributed by atoms with Crippen LogP contribution in [0.4, 0.5) is 24.5 Å². The summed E-state index contributed by atoms with van der Waals surface area (Å²) in [6.45, 7) is 0. The molecular formula is C28H22F3N3O3S. The molecule has 0 aliphatic heterocycles. The van der Waals surface area contributed by atoms with Crippen LogP contribution in [0.25, 0.3) is 16.3 Å². The number of nitrogens with one attached hydrogen (secondary N) is 2. The normalized spacial score (nSPS) is 12.6. The average molecular weight is 538 g/mol. The van der Waals surface area contributed by atoms with E-state index in [1.165, 1.54) is 24.3 Å². The first-order valence-corrected chi connectivity index (χ1v) is 13.2. The van der Waals surface area contributed by atoms with Crippen molar-refractivity contribution in [3.8, 4) is 0 Å². The van der Waals surface area contributed by atoms with E-state index in [9.17, 15) is 26.4 Å². The molecule has 4 aromatic rings. The van der Waals surface area contributed by atoms with E-state index in [-0.39, 0.29) is 0 Å². The van der Waals surface area contributed by atoms with Crippen molar-refractivity contribution in [1.29, 1.82) is 0 Å². The van der Waals surface area contributed by atoms with Crippen molar-refractivity contribution in [1.82, 2.24) is 4.98 Å². The Labute approximate surface area is 217 Å². The molecule has 3 aromatic carbocycles. The van der Waals surface area contributed by atoms with Gasteiger partial charge in [0.25, 0.3) is 0 Å². The Balaban J connectivity index is 1.63. The minimum atomic E-state index is -4.48. The van der Waals surface area contributed by atoms with Gasteiger partial charge in [-0.15, -0.1) is 0 Å². The molecule has 0 radical (unpaired) electrons. The van der Waals surface area contributed by atoms with Gasteiger partial charge in [0.15, 0.2) is 0 Å². The number of anilines is 2. The topological polar surface area (TPSA) is 88.2 Å². The molecular weight excluding hydrogens is 515 g/mol. The first kappa shape index (κ1) is 26.6. The van der Waals surface area contributed by atoms with E-state index < -0.39 is 27.7 Å². The molecule has 1 aromatic heterocycles. The fourth-order valence-electron chi connectivity index (χ4n) is 3.77. The molecule has 0 spiro atoms. The highest BCUT2D eigenvalue weighted by Gasteiger charge is 2.30. The summed E-state index contributed by atoms with van der Waals surface area (Å²) in [5.74, 6) is -0.398. The highest BCUT2D eigenvalue weighted by Crippen LogP contribution is 2.32. The van der Waals surface area contributed by atoms with Crippen LogP contribution in [-0.2, 0) is 21.0 Å². The van der Waals surface area contributed by atoms with E-state index in [1.807, 2.05) is 6.07 Å². The summed E-state index contributed by atoms with van der Waals surface area (Å²) in [5.41, 5.74) is 1.78. The quantitative estimate of drug-likeness (QED) is 0.215. The Hall–Kier alpha value is -4.44. The number of pyridine rings is 1. The molecule has 0 atom stereocenters. The fourth-order valence-corrected chi connectivity index (χ4v) is 4.33. The fraction of sp³-hybridized carbons (Fsp3) is 0.0714. The molecule has 0 unspecified atom stereocenters. The highest BCUT2D eigenvalue weighted by molar-refractivity contribution is 7.92. The summed E-state index contributed by atoms with van der Waals surface area (Å²) >= 11 is 0. The Kier molecular flexibility index (Phi) is 7.63. The van der Waals surface area contributed by atoms with Crippen LogP contribution in [0, 0.1) is 0 Å². The van der Waals surface area contributed by atoms with Crippen LogP contribution in [0.15, 0.2) is 103 Å². The number of sulfonamides is 1. The van der Waals surface area contributed by atoms with Gasteiger partial charge in [-0.2, -0.15) is 13.2 Å². The van der Waals surface area contributed by atoms with Gasteiger partial charge in [0, 0.05) is 40.6 Å². The van der Waals surface area contributed by atoms with Crippen LogP contribution in [0.2, 0.25) is 0 Å². The number of hydrogen-bond acceptors (Lipinski definition) is 4. The molecule has 6 nitrogen and oxygen atoms in total. The summed E-state index contributed by atoms with van der Waals surface area (Å²) in [6.07, 6.45) is 4.28. The summed E-state index contributed by atoms with van der Waals surface area (Å²) in [6, 6.07) is 18.2. The second-order valence-corrected chi connectivity index (χ2v) is 10.1. The number of hydrogen-bond donors (Lipinski definition) is 2. The molecule has 0 saturated carbocycles. The third-order valence-corrected chi connectivity index (χ3v) is 6.08. The van der Waals surface area contributed by atoms with Gasteiger partial charge >= 0.3 is 6.18 Å². The second kappa shape index (κ2) is 10.9. The number of nitrogens with zero attached hydrogens (tertiary/aromatic N) is 1. The Morgan fingerprint density at radius 2 is 1.58 bits per heavy atom. The van der Waals surface area contributed by atoms with Crippen molar-refractivity contribution < 1.29 is 26.4 Å². The second-order valence-electron chi connectivity index (χ2n) is 8.36. The molecule has 1 amide bonds. The van der Waals surface area contributed by atoms with Crippen molar-refractivity contribution in [2.45, 2.75) is 6.18 Å². The van der Waals surface area contributed by atoms with Gasteiger partial charge in [-0.3, -0.25) is 14.5 Å². The van der Waals surface area contributed by atoms with E-state index in [0.29, 0.717) is 28.1 Å². The average Bonchev–Trinajstić information content (AvgIpc) is 2.86. The maximum atomic E-state index is 13.1. The number of allylic oxidation sites excluding steroid dienone is 2. The van der Waals surface area contributed by atoms with Crippen LogP contribution in [-0.4, -0.2) is 25.6 Å². The number of fused-ring (bicyclic) bond motifs is 1. The largest absolute Gasteiger partial charge is 0.416 e. The van der Waals surface area contributed by atoms with Gasteiger partial charge < -0.3 is 5.32 Å². The molecule has 0 saturated heterocycles. The maximum absolute atomic E-state index is 13.1. The highest BCUT2D eigenvalue weighted by atomic mass is 32.2. The van der Waals surface area contributed by atoms with Gasteiger partial charge in [-0.05, 0) is 53.1 Å². The van der Waals surface area contributed by atoms with Gasteiger partial charge in [0.2, 0.25) is 15.9 Å². The van der Waals surface area contributed by atoms with Crippen LogP contribution >= 0.6 is 0 Å². The molecule has 0 bridgehead atoms. The van der Waals surface area contributed by atoms with E-state index in [2.05, 4.69) is 15.0 Å². The summed E-state index contributed by atoms with van der Waals surface area (Å²) in [7, 11) is -3.47. The van der Waals surface area contributed by atoms with Crippen LogP contribution in [0.5, 0.6) is 0 Å². The molecule has 0 fully saturated rings. The number of amides is 1. The Morgan fingerprint density at radius 1 is 0.921 bits per heavy atom. The van der Waals surface area contributed by atoms with Crippen molar-refractivity contribution in [2.75, 3.05) is 16.3 Å². The van der Waals surface area contributed by atoms with E-state index in [4.69, 9.17) is 0 Å². The van der Waals surface area contributed by atoms with E-state index in [1.54, 1.807) is 60.9 Å².